The molecule has 0 saturated heterocycles. The minimum absolute atomic E-state index is 0.0905. The second-order valence-electron chi connectivity index (χ2n) is 10.0. The van der Waals surface area contributed by atoms with Gasteiger partial charge in [-0.25, -0.2) is 0 Å². The number of nitrogens with two attached hydrogens (primary N) is 2. The van der Waals surface area contributed by atoms with Crippen molar-refractivity contribution in [2.24, 2.45) is 29.2 Å². The molecular formula is C28H36N4O5. The van der Waals surface area contributed by atoms with Crippen LogP contribution in [0.2, 0.25) is 0 Å². The van der Waals surface area contributed by atoms with Crippen LogP contribution in [-0.2, 0) is 22.6 Å². The van der Waals surface area contributed by atoms with Gasteiger partial charge >= 0.3 is 0 Å². The third kappa shape index (κ3) is 6.26. The number of carbonyl (C=O) groups excluding carboxylic acids is 2. The first-order valence-electron chi connectivity index (χ1n) is 12.7. The van der Waals surface area contributed by atoms with Gasteiger partial charge in [0.1, 0.15) is 6.10 Å². The zero-order chi connectivity index (χ0) is 26.5. The lowest BCUT2D eigenvalue weighted by atomic mass is 9.71. The lowest BCUT2D eigenvalue weighted by Gasteiger charge is -2.42. The SMILES string of the molecule is NCC1C[C@@H]([C@@H](N)C(=O)C[C@@H](Cc2cc3ccccc3[nH]2)C(=O)NCc2ccccc2)C(O)[C@@H](O)[C@@H]1O. The molecule has 2 unspecified atom stereocenters. The maximum absolute atomic E-state index is 13.3. The number of Topliss-reactive ketones (excluding diaryl/α,β-unsaturated/α-hetero) is 1. The average molecular weight is 509 g/mol. The van der Waals surface area contributed by atoms with Gasteiger partial charge in [0.2, 0.25) is 5.91 Å². The molecule has 3 aromatic rings. The van der Waals surface area contributed by atoms with Crippen LogP contribution in [0, 0.1) is 17.8 Å². The lowest BCUT2D eigenvalue weighted by Crippen LogP contribution is -2.58. The van der Waals surface area contributed by atoms with Gasteiger partial charge in [-0.1, -0.05) is 48.5 Å². The number of nitrogens with one attached hydrogen (secondary N) is 2. The van der Waals surface area contributed by atoms with Crippen molar-refractivity contribution in [3.63, 3.8) is 0 Å². The van der Waals surface area contributed by atoms with E-state index in [4.69, 9.17) is 11.5 Å². The van der Waals surface area contributed by atoms with Crippen LogP contribution < -0.4 is 16.8 Å². The Kier molecular flexibility index (Phi) is 8.73. The number of aromatic amines is 1. The van der Waals surface area contributed by atoms with E-state index >= 15 is 0 Å². The summed E-state index contributed by atoms with van der Waals surface area (Å²) < 4.78 is 0. The molecule has 1 fully saturated rings. The molecule has 0 bridgehead atoms. The highest BCUT2D eigenvalue weighted by atomic mass is 16.4. The van der Waals surface area contributed by atoms with Gasteiger partial charge in [-0.3, -0.25) is 9.59 Å². The van der Waals surface area contributed by atoms with E-state index in [-0.39, 0.29) is 31.1 Å². The van der Waals surface area contributed by atoms with Gasteiger partial charge in [-0.15, -0.1) is 0 Å². The molecule has 0 radical (unpaired) electrons. The third-order valence-corrected chi connectivity index (χ3v) is 7.51. The number of aliphatic hydroxyl groups is 3. The van der Waals surface area contributed by atoms with Crippen LogP contribution in [-0.4, -0.2) is 62.9 Å². The quantitative estimate of drug-likeness (QED) is 0.210. The summed E-state index contributed by atoms with van der Waals surface area (Å²) in [6.07, 6.45) is -3.62. The molecule has 9 nitrogen and oxygen atoms in total. The number of rotatable bonds is 10. The highest BCUT2D eigenvalue weighted by Gasteiger charge is 2.46. The fraction of sp³-hybridized carbons (Fsp3) is 0.429. The lowest BCUT2D eigenvalue weighted by molar-refractivity contribution is -0.146. The molecule has 9 heteroatoms. The predicted molar refractivity (Wildman–Crippen MR) is 140 cm³/mol. The van der Waals surface area contributed by atoms with Gasteiger partial charge in [0.05, 0.1) is 24.2 Å². The summed E-state index contributed by atoms with van der Waals surface area (Å²) in [4.78, 5) is 29.9. The van der Waals surface area contributed by atoms with Gasteiger partial charge in [-0.2, -0.15) is 0 Å². The monoisotopic (exact) mass is 508 g/mol. The van der Waals surface area contributed by atoms with Crippen LogP contribution in [0.5, 0.6) is 0 Å². The number of hydrogen-bond acceptors (Lipinski definition) is 7. The Bertz CT molecular complexity index is 1160. The molecule has 37 heavy (non-hydrogen) atoms. The van der Waals surface area contributed by atoms with E-state index in [9.17, 15) is 24.9 Å². The van der Waals surface area contributed by atoms with Crippen LogP contribution in [0.25, 0.3) is 10.9 Å². The number of benzene rings is 2. The molecule has 1 amide bonds. The Morgan fingerprint density at radius 3 is 2.41 bits per heavy atom. The first kappa shape index (κ1) is 27.0. The van der Waals surface area contributed by atoms with E-state index < -0.39 is 42.1 Å². The van der Waals surface area contributed by atoms with E-state index in [0.29, 0.717) is 13.0 Å². The van der Waals surface area contributed by atoms with E-state index in [1.54, 1.807) is 0 Å². The summed E-state index contributed by atoms with van der Waals surface area (Å²) in [6, 6.07) is 18.1. The molecule has 1 aliphatic rings. The number of H-pyrrole nitrogens is 1. The number of fused-ring (bicyclic) bond motifs is 1. The standard InChI is InChI=1S/C28H36N4O5/c29-14-19-12-21(26(35)27(36)25(19)34)24(30)23(33)13-18(28(37)31-15-16-6-2-1-3-7-16)11-20-10-17-8-4-5-9-22(17)32-20/h1-10,18-19,21,24-27,32,34-36H,11-15,29-30H2,(H,31,37)/t18-,19?,21+,24-,25-,26?,27+/m1/s1. The zero-order valence-electron chi connectivity index (χ0n) is 20.7. The van der Waals surface area contributed by atoms with Crippen molar-refractivity contribution in [1.29, 1.82) is 0 Å². The Morgan fingerprint density at radius 2 is 1.70 bits per heavy atom. The van der Waals surface area contributed by atoms with E-state index in [0.717, 1.165) is 22.2 Å². The molecule has 198 valence electrons. The highest BCUT2D eigenvalue weighted by molar-refractivity contribution is 5.90. The fourth-order valence-corrected chi connectivity index (χ4v) is 5.27. The molecule has 2 aromatic carbocycles. The summed E-state index contributed by atoms with van der Waals surface area (Å²) >= 11 is 0. The number of para-hydroxylation sites is 1. The topological polar surface area (TPSA) is 175 Å². The summed E-state index contributed by atoms with van der Waals surface area (Å²) in [5.41, 5.74) is 14.7. The average Bonchev–Trinajstić information content (AvgIpc) is 3.33. The minimum Gasteiger partial charge on any atom is -0.390 e. The summed E-state index contributed by atoms with van der Waals surface area (Å²) in [7, 11) is 0. The van der Waals surface area contributed by atoms with Crippen molar-refractivity contribution in [3.05, 3.63) is 71.9 Å². The maximum atomic E-state index is 13.3. The smallest absolute Gasteiger partial charge is 0.224 e. The molecule has 1 heterocycles. The zero-order valence-corrected chi connectivity index (χ0v) is 20.7. The molecule has 1 aromatic heterocycles. The van der Waals surface area contributed by atoms with Crippen LogP contribution in [0.4, 0.5) is 0 Å². The van der Waals surface area contributed by atoms with Crippen LogP contribution in [0.3, 0.4) is 0 Å². The van der Waals surface area contributed by atoms with Gasteiger partial charge in [-0.05, 0) is 42.5 Å². The Balaban J connectivity index is 1.50. The summed E-state index contributed by atoms with van der Waals surface area (Å²) in [5, 5.41) is 34.9. The van der Waals surface area contributed by atoms with Crippen molar-refractivity contribution in [3.8, 4) is 0 Å². The number of aliphatic hydroxyl groups excluding tert-OH is 3. The van der Waals surface area contributed by atoms with Gasteiger partial charge in [0, 0.05) is 36.0 Å². The predicted octanol–water partition coefficient (Wildman–Crippen LogP) is 0.607. The first-order chi connectivity index (χ1) is 17.8. The largest absolute Gasteiger partial charge is 0.390 e. The van der Waals surface area contributed by atoms with Gasteiger partial charge < -0.3 is 37.1 Å². The van der Waals surface area contributed by atoms with Crippen LogP contribution in [0.15, 0.2) is 60.7 Å². The molecule has 9 N–H and O–H groups in total. The van der Waals surface area contributed by atoms with Crippen molar-refractivity contribution >= 4 is 22.6 Å². The molecule has 0 spiro atoms. The Labute approximate surface area is 215 Å². The first-order valence-corrected chi connectivity index (χ1v) is 12.7. The van der Waals surface area contributed by atoms with Crippen molar-refractivity contribution < 1.29 is 24.9 Å². The second kappa shape index (κ2) is 12.0. The number of hydrogen-bond donors (Lipinski definition) is 7. The molecule has 1 aliphatic carbocycles. The number of carbonyl (C=O) groups is 2. The molecular weight excluding hydrogens is 472 g/mol. The maximum Gasteiger partial charge on any atom is 0.224 e. The highest BCUT2D eigenvalue weighted by Crippen LogP contribution is 2.32. The van der Waals surface area contributed by atoms with Gasteiger partial charge in [0.15, 0.2) is 5.78 Å². The normalized spacial score (nSPS) is 25.5. The van der Waals surface area contributed by atoms with Crippen molar-refractivity contribution in [1.82, 2.24) is 10.3 Å². The molecule has 0 aliphatic heterocycles. The van der Waals surface area contributed by atoms with Gasteiger partial charge in [0.25, 0.3) is 0 Å². The number of ketones is 1. The summed E-state index contributed by atoms with van der Waals surface area (Å²) in [6.45, 7) is 0.417. The van der Waals surface area contributed by atoms with E-state index in [1.807, 2.05) is 60.7 Å². The van der Waals surface area contributed by atoms with Crippen LogP contribution in [0.1, 0.15) is 24.1 Å². The molecule has 1 saturated carbocycles. The third-order valence-electron chi connectivity index (χ3n) is 7.51. The van der Waals surface area contributed by atoms with Crippen molar-refractivity contribution in [2.75, 3.05) is 6.54 Å². The molecule has 4 rings (SSSR count). The second-order valence-corrected chi connectivity index (χ2v) is 10.0. The fourth-order valence-electron chi connectivity index (χ4n) is 5.27. The Hall–Kier alpha value is -3.08. The Morgan fingerprint density at radius 1 is 1.00 bits per heavy atom. The van der Waals surface area contributed by atoms with E-state index in [1.165, 1.54) is 0 Å². The van der Waals surface area contributed by atoms with Crippen molar-refractivity contribution in [2.45, 2.75) is 50.2 Å². The minimum atomic E-state index is -1.44. The number of amides is 1. The summed E-state index contributed by atoms with van der Waals surface area (Å²) in [5.74, 6) is -2.63. The molecule has 7 atom stereocenters. The van der Waals surface area contributed by atoms with E-state index in [2.05, 4.69) is 10.3 Å². The van der Waals surface area contributed by atoms with Crippen LogP contribution >= 0.6 is 0 Å². The number of aromatic nitrogens is 1.